The normalized spacial score (nSPS) is 11.3. The number of hydrogen-bond donors (Lipinski definition) is 3. The van der Waals surface area contributed by atoms with Crippen molar-refractivity contribution in [2.24, 2.45) is 0 Å². The Morgan fingerprint density at radius 3 is 2.76 bits per heavy atom. The molecule has 3 N–H and O–H groups in total. The molecular formula is C11H12N4O5S. The van der Waals surface area contributed by atoms with Gasteiger partial charge in [0.2, 0.25) is 0 Å². The Morgan fingerprint density at radius 2 is 2.19 bits per heavy atom. The van der Waals surface area contributed by atoms with Crippen molar-refractivity contribution in [2.75, 3.05) is 4.72 Å². The van der Waals surface area contributed by atoms with Crippen molar-refractivity contribution in [3.63, 3.8) is 0 Å². The molecule has 0 saturated heterocycles. The van der Waals surface area contributed by atoms with E-state index in [1.165, 1.54) is 0 Å². The molecule has 0 radical (unpaired) electrons. The van der Waals surface area contributed by atoms with Crippen LogP contribution in [0.3, 0.4) is 0 Å². The molecule has 0 unspecified atom stereocenters. The Hall–Kier alpha value is -2.62. The number of H-pyrrole nitrogens is 1. The predicted octanol–water partition coefficient (Wildman–Crippen LogP) is 1.39. The van der Waals surface area contributed by atoms with E-state index in [-0.39, 0.29) is 16.4 Å². The van der Waals surface area contributed by atoms with Crippen LogP contribution >= 0.6 is 0 Å². The lowest BCUT2D eigenvalue weighted by Gasteiger charge is -2.07. The van der Waals surface area contributed by atoms with Crippen LogP contribution in [-0.4, -0.2) is 28.4 Å². The van der Waals surface area contributed by atoms with Crippen LogP contribution in [0.2, 0.25) is 0 Å². The maximum atomic E-state index is 12.1. The summed E-state index contributed by atoms with van der Waals surface area (Å²) in [6.07, 6.45) is 1.66. The van der Waals surface area contributed by atoms with Gasteiger partial charge in [-0.1, -0.05) is 6.92 Å². The standard InChI is InChI=1S/C11H12N4O5S/c1-2-10-12-6-11(13-10)21(19,20)14-8-5-7(15(17)18)3-4-9(8)16/h3-6,14,16H,2H2,1H3,(H,12,13). The summed E-state index contributed by atoms with van der Waals surface area (Å²) in [5.74, 6) is 0.0676. The Bertz CT molecular complexity index is 784. The van der Waals surface area contributed by atoms with Gasteiger partial charge in [0.05, 0.1) is 16.8 Å². The zero-order valence-corrected chi connectivity index (χ0v) is 11.7. The van der Waals surface area contributed by atoms with Crippen LogP contribution in [0.15, 0.2) is 29.4 Å². The van der Waals surface area contributed by atoms with E-state index in [4.69, 9.17) is 0 Å². The molecule has 112 valence electrons. The first-order chi connectivity index (χ1) is 9.83. The molecule has 0 spiro atoms. The highest BCUT2D eigenvalue weighted by Gasteiger charge is 2.20. The van der Waals surface area contributed by atoms with Gasteiger partial charge in [0.15, 0.2) is 5.03 Å². The first kappa shape index (κ1) is 14.8. The summed E-state index contributed by atoms with van der Waals surface area (Å²) in [4.78, 5) is 16.4. The van der Waals surface area contributed by atoms with Crippen molar-refractivity contribution in [3.05, 3.63) is 40.3 Å². The molecule has 0 fully saturated rings. The molecule has 0 aliphatic rings. The number of benzene rings is 1. The number of imidazole rings is 1. The quantitative estimate of drug-likeness (QED) is 0.433. The fourth-order valence-electron chi connectivity index (χ4n) is 1.58. The second-order valence-electron chi connectivity index (χ2n) is 4.11. The zero-order chi connectivity index (χ0) is 15.6. The number of aromatic hydroxyl groups is 1. The van der Waals surface area contributed by atoms with Gasteiger partial charge in [-0.05, 0) is 6.07 Å². The molecule has 2 rings (SSSR count). The van der Waals surface area contributed by atoms with E-state index in [1.807, 2.05) is 0 Å². The molecule has 10 heteroatoms. The van der Waals surface area contributed by atoms with Crippen LogP contribution in [0.5, 0.6) is 5.75 Å². The van der Waals surface area contributed by atoms with Gasteiger partial charge in [-0.25, -0.2) is 4.98 Å². The van der Waals surface area contributed by atoms with Crippen molar-refractivity contribution < 1.29 is 18.4 Å². The molecule has 0 atom stereocenters. The SMILES string of the molecule is CCc1ncc(S(=O)(=O)Nc2cc([N+](=O)[O-])ccc2O)[nH]1. The number of phenols is 1. The highest BCUT2D eigenvalue weighted by atomic mass is 32.2. The lowest BCUT2D eigenvalue weighted by atomic mass is 10.2. The highest BCUT2D eigenvalue weighted by molar-refractivity contribution is 7.92. The topological polar surface area (TPSA) is 138 Å². The molecule has 0 aliphatic carbocycles. The third-order valence-corrected chi connectivity index (χ3v) is 3.94. The Morgan fingerprint density at radius 1 is 1.48 bits per heavy atom. The van der Waals surface area contributed by atoms with Crippen molar-refractivity contribution in [1.82, 2.24) is 9.97 Å². The molecule has 0 saturated carbocycles. The van der Waals surface area contributed by atoms with Crippen molar-refractivity contribution in [2.45, 2.75) is 18.4 Å². The van der Waals surface area contributed by atoms with Crippen LogP contribution < -0.4 is 4.72 Å². The summed E-state index contributed by atoms with van der Waals surface area (Å²) >= 11 is 0. The number of anilines is 1. The number of nitro benzene ring substituents is 1. The van der Waals surface area contributed by atoms with E-state index in [0.29, 0.717) is 12.2 Å². The number of non-ortho nitro benzene ring substituents is 1. The van der Waals surface area contributed by atoms with Crippen molar-refractivity contribution in [1.29, 1.82) is 0 Å². The van der Waals surface area contributed by atoms with E-state index >= 15 is 0 Å². The summed E-state index contributed by atoms with van der Waals surface area (Å²) in [6.45, 7) is 1.80. The van der Waals surface area contributed by atoms with Gasteiger partial charge in [0, 0.05) is 18.6 Å². The van der Waals surface area contributed by atoms with E-state index in [2.05, 4.69) is 14.7 Å². The molecule has 1 heterocycles. The van der Waals surface area contributed by atoms with E-state index < -0.39 is 20.7 Å². The number of nitrogens with one attached hydrogen (secondary N) is 2. The maximum absolute atomic E-state index is 12.1. The monoisotopic (exact) mass is 312 g/mol. The molecule has 0 aliphatic heterocycles. The summed E-state index contributed by atoms with van der Waals surface area (Å²) in [5, 5.41) is 20.1. The fraction of sp³-hybridized carbons (Fsp3) is 0.182. The van der Waals surface area contributed by atoms with Crippen LogP contribution in [0.25, 0.3) is 0 Å². The summed E-state index contributed by atoms with van der Waals surface area (Å²) < 4.78 is 26.3. The number of sulfonamides is 1. The van der Waals surface area contributed by atoms with Crippen molar-refractivity contribution >= 4 is 21.4 Å². The van der Waals surface area contributed by atoms with E-state index in [0.717, 1.165) is 24.4 Å². The largest absolute Gasteiger partial charge is 0.506 e. The Balaban J connectivity index is 2.36. The number of nitro groups is 1. The molecule has 2 aromatic rings. The van der Waals surface area contributed by atoms with Gasteiger partial charge in [-0.15, -0.1) is 0 Å². The minimum Gasteiger partial charge on any atom is -0.506 e. The molecule has 21 heavy (non-hydrogen) atoms. The van der Waals surface area contributed by atoms with Crippen LogP contribution in [-0.2, 0) is 16.4 Å². The van der Waals surface area contributed by atoms with Crippen LogP contribution in [0.4, 0.5) is 11.4 Å². The molecular weight excluding hydrogens is 300 g/mol. The first-order valence-corrected chi connectivity index (χ1v) is 7.36. The van der Waals surface area contributed by atoms with E-state index in [1.54, 1.807) is 6.92 Å². The summed E-state index contributed by atoms with van der Waals surface area (Å²) in [6, 6.07) is 3.04. The van der Waals surface area contributed by atoms with Gasteiger partial charge in [-0.3, -0.25) is 14.8 Å². The van der Waals surface area contributed by atoms with E-state index in [9.17, 15) is 23.6 Å². The van der Waals surface area contributed by atoms with Gasteiger partial charge < -0.3 is 10.1 Å². The minimum atomic E-state index is -4.02. The van der Waals surface area contributed by atoms with Crippen LogP contribution in [0, 0.1) is 10.1 Å². The molecule has 1 aromatic heterocycles. The second-order valence-corrected chi connectivity index (χ2v) is 5.76. The second kappa shape index (κ2) is 5.40. The molecule has 1 aromatic carbocycles. The number of hydrogen-bond acceptors (Lipinski definition) is 6. The van der Waals surface area contributed by atoms with Gasteiger partial charge >= 0.3 is 0 Å². The number of aromatic nitrogens is 2. The highest BCUT2D eigenvalue weighted by Crippen LogP contribution is 2.29. The molecule has 0 amide bonds. The lowest BCUT2D eigenvalue weighted by molar-refractivity contribution is -0.384. The summed E-state index contributed by atoms with van der Waals surface area (Å²) in [7, 11) is -4.02. The molecule has 9 nitrogen and oxygen atoms in total. The van der Waals surface area contributed by atoms with Gasteiger partial charge in [0.25, 0.3) is 15.7 Å². The third kappa shape index (κ3) is 3.11. The number of phenolic OH excluding ortho intramolecular Hbond substituents is 1. The fourth-order valence-corrected chi connectivity index (χ4v) is 2.59. The smallest absolute Gasteiger partial charge is 0.279 e. The number of rotatable bonds is 5. The third-order valence-electron chi connectivity index (χ3n) is 2.66. The Kier molecular flexibility index (Phi) is 3.80. The Labute approximate surface area is 119 Å². The van der Waals surface area contributed by atoms with Crippen molar-refractivity contribution in [3.8, 4) is 5.75 Å². The number of nitrogens with zero attached hydrogens (tertiary/aromatic N) is 2. The zero-order valence-electron chi connectivity index (χ0n) is 10.9. The lowest BCUT2D eigenvalue weighted by Crippen LogP contribution is -2.13. The number of aryl methyl sites for hydroxylation is 1. The summed E-state index contributed by atoms with van der Waals surface area (Å²) in [5.41, 5.74) is -0.624. The average Bonchev–Trinajstić information content (AvgIpc) is 2.90. The predicted molar refractivity (Wildman–Crippen MR) is 73.5 cm³/mol. The maximum Gasteiger partial charge on any atom is 0.279 e. The van der Waals surface area contributed by atoms with Gasteiger partial charge in [-0.2, -0.15) is 8.42 Å². The van der Waals surface area contributed by atoms with Crippen LogP contribution in [0.1, 0.15) is 12.7 Å². The molecule has 0 bridgehead atoms. The average molecular weight is 312 g/mol. The first-order valence-electron chi connectivity index (χ1n) is 5.87. The number of aromatic amines is 1. The van der Waals surface area contributed by atoms with Gasteiger partial charge in [0.1, 0.15) is 11.6 Å². The minimum absolute atomic E-state index is 0.190.